The summed E-state index contributed by atoms with van der Waals surface area (Å²) in [5.41, 5.74) is 3.39. The zero-order valence-electron chi connectivity index (χ0n) is 9.95. The van der Waals surface area contributed by atoms with Crippen LogP contribution in [0.15, 0.2) is 6.20 Å². The summed E-state index contributed by atoms with van der Waals surface area (Å²) >= 11 is 0. The second kappa shape index (κ2) is 6.24. The lowest BCUT2D eigenvalue weighted by molar-refractivity contribution is 0.0870. The first-order chi connectivity index (χ1) is 7.63. The monoisotopic (exact) mass is 225 g/mol. The van der Waals surface area contributed by atoms with Crippen LogP contribution in [-0.4, -0.2) is 29.2 Å². The van der Waals surface area contributed by atoms with Crippen molar-refractivity contribution in [2.24, 2.45) is 5.84 Å². The fourth-order valence-corrected chi connectivity index (χ4v) is 1.15. The molecule has 90 valence electrons. The van der Waals surface area contributed by atoms with Gasteiger partial charge in [0.1, 0.15) is 5.82 Å². The molecule has 1 aromatic rings. The summed E-state index contributed by atoms with van der Waals surface area (Å²) in [6, 6.07) is 0. The molecule has 0 aliphatic rings. The molecule has 0 saturated carbocycles. The molecule has 0 amide bonds. The van der Waals surface area contributed by atoms with Crippen molar-refractivity contribution in [2.75, 3.05) is 23.9 Å². The van der Waals surface area contributed by atoms with Crippen molar-refractivity contribution in [1.29, 1.82) is 0 Å². The number of rotatable bonds is 6. The maximum atomic E-state index is 5.41. The Morgan fingerprint density at radius 2 is 2.25 bits per heavy atom. The smallest absolute Gasteiger partial charge is 0.239 e. The van der Waals surface area contributed by atoms with E-state index in [1.165, 1.54) is 0 Å². The van der Waals surface area contributed by atoms with Crippen LogP contribution in [0.1, 0.15) is 19.4 Å². The lowest BCUT2D eigenvalue weighted by atomic mass is 10.3. The molecule has 0 unspecified atom stereocenters. The summed E-state index contributed by atoms with van der Waals surface area (Å²) in [6.07, 6.45) is 1.96. The van der Waals surface area contributed by atoms with Crippen LogP contribution in [-0.2, 0) is 4.74 Å². The minimum absolute atomic E-state index is 0.245. The van der Waals surface area contributed by atoms with Crippen molar-refractivity contribution >= 4 is 11.8 Å². The Labute approximate surface area is 95.6 Å². The normalized spacial score (nSPS) is 10.6. The molecule has 1 rings (SSSR count). The largest absolute Gasteiger partial charge is 0.377 e. The summed E-state index contributed by atoms with van der Waals surface area (Å²) in [7, 11) is 0. The molecular weight excluding hydrogens is 206 g/mol. The Bertz CT molecular complexity index is 329. The van der Waals surface area contributed by atoms with Gasteiger partial charge in [-0.3, -0.25) is 5.43 Å². The molecule has 6 heteroatoms. The number of hydrogen-bond acceptors (Lipinski definition) is 6. The molecule has 0 saturated heterocycles. The maximum Gasteiger partial charge on any atom is 0.239 e. The maximum absolute atomic E-state index is 5.41. The van der Waals surface area contributed by atoms with E-state index in [1.54, 1.807) is 6.20 Å². The third-order valence-corrected chi connectivity index (χ3v) is 1.95. The van der Waals surface area contributed by atoms with Crippen LogP contribution in [0.3, 0.4) is 0 Å². The van der Waals surface area contributed by atoms with Crippen LogP contribution < -0.4 is 16.6 Å². The number of ether oxygens (including phenoxy) is 1. The van der Waals surface area contributed by atoms with Crippen molar-refractivity contribution in [3.8, 4) is 0 Å². The summed E-state index contributed by atoms with van der Waals surface area (Å²) in [5.74, 6) is 6.41. The van der Waals surface area contributed by atoms with E-state index in [1.807, 2.05) is 20.8 Å². The number of aryl methyl sites for hydroxylation is 1. The molecule has 6 nitrogen and oxygen atoms in total. The van der Waals surface area contributed by atoms with Gasteiger partial charge in [-0.1, -0.05) is 0 Å². The van der Waals surface area contributed by atoms with Crippen molar-refractivity contribution in [3.63, 3.8) is 0 Å². The molecule has 0 aromatic carbocycles. The molecule has 16 heavy (non-hydrogen) atoms. The molecule has 0 bridgehead atoms. The number of nitrogen functional groups attached to an aromatic ring is 1. The van der Waals surface area contributed by atoms with E-state index < -0.39 is 0 Å². The highest BCUT2D eigenvalue weighted by Crippen LogP contribution is 2.11. The van der Waals surface area contributed by atoms with Gasteiger partial charge < -0.3 is 10.1 Å². The van der Waals surface area contributed by atoms with Crippen LogP contribution in [0.2, 0.25) is 0 Å². The third-order valence-electron chi connectivity index (χ3n) is 1.95. The Hall–Kier alpha value is -1.40. The molecular formula is C10H19N5O. The molecule has 0 aliphatic heterocycles. The number of nitrogens with one attached hydrogen (secondary N) is 2. The highest BCUT2D eigenvalue weighted by molar-refractivity contribution is 5.45. The van der Waals surface area contributed by atoms with E-state index in [4.69, 9.17) is 10.6 Å². The average Bonchev–Trinajstić information content (AvgIpc) is 2.26. The van der Waals surface area contributed by atoms with Gasteiger partial charge in [0, 0.05) is 18.3 Å². The van der Waals surface area contributed by atoms with Crippen LogP contribution in [0, 0.1) is 6.92 Å². The van der Waals surface area contributed by atoms with Gasteiger partial charge in [0.25, 0.3) is 0 Å². The zero-order valence-corrected chi connectivity index (χ0v) is 9.95. The highest BCUT2D eigenvalue weighted by Gasteiger charge is 2.02. The predicted molar refractivity (Wildman–Crippen MR) is 64.2 cm³/mol. The lowest BCUT2D eigenvalue weighted by Gasteiger charge is -2.11. The molecule has 0 fully saturated rings. The number of nitrogens with zero attached hydrogens (tertiary/aromatic N) is 2. The van der Waals surface area contributed by atoms with E-state index >= 15 is 0 Å². The molecule has 1 heterocycles. The minimum atomic E-state index is 0.245. The first-order valence-corrected chi connectivity index (χ1v) is 5.29. The topological polar surface area (TPSA) is 85.1 Å². The quantitative estimate of drug-likeness (QED) is 0.379. The fraction of sp³-hybridized carbons (Fsp3) is 0.600. The van der Waals surface area contributed by atoms with Crippen LogP contribution in [0.5, 0.6) is 0 Å². The van der Waals surface area contributed by atoms with E-state index in [-0.39, 0.29) is 6.10 Å². The van der Waals surface area contributed by atoms with Gasteiger partial charge in [-0.2, -0.15) is 4.98 Å². The zero-order chi connectivity index (χ0) is 12.0. The Morgan fingerprint density at radius 3 is 2.88 bits per heavy atom. The summed E-state index contributed by atoms with van der Waals surface area (Å²) in [5, 5.41) is 3.17. The fourth-order valence-electron chi connectivity index (χ4n) is 1.15. The molecule has 0 aliphatic carbocycles. The van der Waals surface area contributed by atoms with E-state index in [9.17, 15) is 0 Å². The van der Waals surface area contributed by atoms with Crippen molar-refractivity contribution < 1.29 is 4.74 Å². The van der Waals surface area contributed by atoms with Gasteiger partial charge in [0.05, 0.1) is 12.7 Å². The first-order valence-electron chi connectivity index (χ1n) is 5.29. The summed E-state index contributed by atoms with van der Waals surface area (Å²) in [6.45, 7) is 7.30. The van der Waals surface area contributed by atoms with E-state index in [0.717, 1.165) is 11.4 Å². The number of anilines is 2. The Kier molecular flexibility index (Phi) is 4.94. The number of hydrazine groups is 1. The predicted octanol–water partition coefficient (Wildman–Crippen LogP) is 0.908. The van der Waals surface area contributed by atoms with Gasteiger partial charge in [-0.05, 0) is 20.8 Å². The molecule has 0 atom stereocenters. The van der Waals surface area contributed by atoms with Crippen LogP contribution >= 0.6 is 0 Å². The highest BCUT2D eigenvalue weighted by atomic mass is 16.5. The van der Waals surface area contributed by atoms with Crippen molar-refractivity contribution in [2.45, 2.75) is 26.9 Å². The van der Waals surface area contributed by atoms with Gasteiger partial charge in [0.15, 0.2) is 0 Å². The molecule has 0 radical (unpaired) electrons. The molecule has 4 N–H and O–H groups in total. The van der Waals surface area contributed by atoms with Gasteiger partial charge in [-0.15, -0.1) is 0 Å². The lowest BCUT2D eigenvalue weighted by Crippen LogP contribution is -2.16. The van der Waals surface area contributed by atoms with E-state index in [2.05, 4.69) is 20.7 Å². The van der Waals surface area contributed by atoms with Crippen LogP contribution in [0.25, 0.3) is 0 Å². The van der Waals surface area contributed by atoms with Gasteiger partial charge in [-0.25, -0.2) is 10.8 Å². The molecule has 1 aromatic heterocycles. The first kappa shape index (κ1) is 12.7. The van der Waals surface area contributed by atoms with Crippen molar-refractivity contribution in [1.82, 2.24) is 9.97 Å². The number of nitrogens with two attached hydrogens (primary N) is 1. The van der Waals surface area contributed by atoms with E-state index in [0.29, 0.717) is 19.1 Å². The summed E-state index contributed by atoms with van der Waals surface area (Å²) in [4.78, 5) is 8.19. The Morgan fingerprint density at radius 1 is 1.50 bits per heavy atom. The summed E-state index contributed by atoms with van der Waals surface area (Å²) < 4.78 is 5.41. The Balaban J connectivity index is 2.46. The number of aromatic nitrogens is 2. The van der Waals surface area contributed by atoms with Gasteiger partial charge in [0.2, 0.25) is 5.95 Å². The number of hydrogen-bond donors (Lipinski definition) is 3. The minimum Gasteiger partial charge on any atom is -0.377 e. The SMILES string of the molecule is Cc1cnc(NN)nc1NCCOC(C)C. The second-order valence-electron chi connectivity index (χ2n) is 3.72. The standard InChI is InChI=1S/C10H19N5O/c1-7(2)16-5-4-12-9-8(3)6-13-10(14-9)15-11/h6-7H,4-5,11H2,1-3H3,(H2,12,13,14,15). The van der Waals surface area contributed by atoms with Crippen LogP contribution in [0.4, 0.5) is 11.8 Å². The second-order valence-corrected chi connectivity index (χ2v) is 3.72. The molecule has 0 spiro atoms. The van der Waals surface area contributed by atoms with Gasteiger partial charge >= 0.3 is 0 Å². The third kappa shape index (κ3) is 4.00. The average molecular weight is 225 g/mol. The van der Waals surface area contributed by atoms with Crippen molar-refractivity contribution in [3.05, 3.63) is 11.8 Å².